The Balaban J connectivity index is 1.69. The maximum absolute atomic E-state index is 12.0. The zero-order valence-corrected chi connectivity index (χ0v) is 13.9. The lowest BCUT2D eigenvalue weighted by molar-refractivity contribution is 0.0289. The maximum Gasteiger partial charge on any atom is 0.410 e. The van der Waals surface area contributed by atoms with E-state index in [1.54, 1.807) is 0 Å². The van der Waals surface area contributed by atoms with Crippen molar-refractivity contribution in [1.29, 1.82) is 0 Å². The number of rotatable bonds is 4. The van der Waals surface area contributed by atoms with Gasteiger partial charge in [0.1, 0.15) is 5.60 Å². The van der Waals surface area contributed by atoms with Crippen LogP contribution in [0.15, 0.2) is 24.5 Å². The van der Waals surface area contributed by atoms with E-state index >= 15 is 0 Å². The average molecular weight is 308 g/mol. The van der Waals surface area contributed by atoms with Gasteiger partial charge < -0.3 is 9.64 Å². The number of likely N-dealkylation sites (tertiary alicyclic amines) is 1. The van der Waals surface area contributed by atoms with Crippen LogP contribution in [0.2, 0.25) is 0 Å². The number of thioether (sulfide) groups is 1. The SMILES string of the molecule is CC(C)(C)OC(=O)N1CC[C@@H](CSCc2ccncc2)C1. The van der Waals surface area contributed by atoms with Gasteiger partial charge in [0.25, 0.3) is 0 Å². The number of hydrogen-bond donors (Lipinski definition) is 0. The summed E-state index contributed by atoms with van der Waals surface area (Å²) in [4.78, 5) is 17.9. The van der Waals surface area contributed by atoms with Crippen LogP contribution in [0.1, 0.15) is 32.8 Å². The van der Waals surface area contributed by atoms with E-state index in [9.17, 15) is 4.79 Å². The molecule has 1 fully saturated rings. The summed E-state index contributed by atoms with van der Waals surface area (Å²) < 4.78 is 5.42. The largest absolute Gasteiger partial charge is 0.444 e. The van der Waals surface area contributed by atoms with Gasteiger partial charge in [-0.15, -0.1) is 0 Å². The molecule has 1 amide bonds. The van der Waals surface area contributed by atoms with Crippen molar-refractivity contribution >= 4 is 17.9 Å². The van der Waals surface area contributed by atoms with Crippen molar-refractivity contribution in [3.8, 4) is 0 Å². The van der Waals surface area contributed by atoms with E-state index in [2.05, 4.69) is 17.1 Å². The highest BCUT2D eigenvalue weighted by atomic mass is 32.2. The second-order valence-electron chi connectivity index (χ2n) is 6.45. The number of carbonyl (C=O) groups is 1. The summed E-state index contributed by atoms with van der Waals surface area (Å²) in [7, 11) is 0. The highest BCUT2D eigenvalue weighted by Crippen LogP contribution is 2.24. The summed E-state index contributed by atoms with van der Waals surface area (Å²) in [6.45, 7) is 7.35. The van der Waals surface area contributed by atoms with E-state index in [1.807, 2.05) is 49.8 Å². The Morgan fingerprint density at radius 1 is 1.43 bits per heavy atom. The normalized spacial score (nSPS) is 18.8. The van der Waals surface area contributed by atoms with Gasteiger partial charge >= 0.3 is 6.09 Å². The number of hydrogen-bond acceptors (Lipinski definition) is 4. The molecular weight excluding hydrogens is 284 g/mol. The second kappa shape index (κ2) is 7.16. The minimum atomic E-state index is -0.411. The van der Waals surface area contributed by atoms with Crippen LogP contribution in [0.5, 0.6) is 0 Å². The Labute approximate surface area is 131 Å². The van der Waals surface area contributed by atoms with E-state index in [0.717, 1.165) is 31.0 Å². The van der Waals surface area contributed by atoms with Gasteiger partial charge in [-0.2, -0.15) is 11.8 Å². The lowest BCUT2D eigenvalue weighted by Gasteiger charge is -2.24. The molecule has 1 aliphatic rings. The number of ether oxygens (including phenoxy) is 1. The summed E-state index contributed by atoms with van der Waals surface area (Å²) >= 11 is 1.92. The molecule has 0 bridgehead atoms. The third-order valence-corrected chi connectivity index (χ3v) is 4.55. The zero-order valence-electron chi connectivity index (χ0n) is 13.0. The predicted molar refractivity (Wildman–Crippen MR) is 86.3 cm³/mol. The molecule has 1 aromatic rings. The van der Waals surface area contributed by atoms with Crippen LogP contribution in [0.25, 0.3) is 0 Å². The van der Waals surface area contributed by atoms with Gasteiger partial charge in [0.2, 0.25) is 0 Å². The summed E-state index contributed by atoms with van der Waals surface area (Å²) in [5, 5.41) is 0. The number of nitrogens with zero attached hydrogens (tertiary/aromatic N) is 2. The first kappa shape index (κ1) is 16.1. The third-order valence-electron chi connectivity index (χ3n) is 3.31. The number of aromatic nitrogens is 1. The predicted octanol–water partition coefficient (Wildman–Crippen LogP) is 3.57. The summed E-state index contributed by atoms with van der Waals surface area (Å²) in [5.74, 6) is 2.66. The molecule has 2 rings (SSSR count). The third kappa shape index (κ3) is 5.58. The van der Waals surface area contributed by atoms with E-state index in [1.165, 1.54) is 5.56 Å². The van der Waals surface area contributed by atoms with Crippen molar-refractivity contribution in [2.24, 2.45) is 5.92 Å². The van der Waals surface area contributed by atoms with Gasteiger partial charge in [-0.3, -0.25) is 4.98 Å². The van der Waals surface area contributed by atoms with Crippen LogP contribution in [-0.2, 0) is 10.5 Å². The molecule has 4 nitrogen and oxygen atoms in total. The second-order valence-corrected chi connectivity index (χ2v) is 7.48. The summed E-state index contributed by atoms with van der Waals surface area (Å²) in [6.07, 6.45) is 4.55. The lowest BCUT2D eigenvalue weighted by atomic mass is 10.2. The van der Waals surface area contributed by atoms with Crippen molar-refractivity contribution in [1.82, 2.24) is 9.88 Å². The van der Waals surface area contributed by atoms with Crippen molar-refractivity contribution in [2.45, 2.75) is 38.5 Å². The molecule has 0 unspecified atom stereocenters. The Morgan fingerprint density at radius 3 is 2.81 bits per heavy atom. The summed E-state index contributed by atoms with van der Waals surface area (Å²) in [5.41, 5.74) is 0.891. The minimum absolute atomic E-state index is 0.177. The highest BCUT2D eigenvalue weighted by molar-refractivity contribution is 7.98. The van der Waals surface area contributed by atoms with Gasteiger partial charge in [0, 0.05) is 31.2 Å². The van der Waals surface area contributed by atoms with Gasteiger partial charge in [-0.05, 0) is 56.6 Å². The molecule has 0 aromatic carbocycles. The fraction of sp³-hybridized carbons (Fsp3) is 0.625. The molecule has 0 aliphatic carbocycles. The topological polar surface area (TPSA) is 42.4 Å². The molecule has 1 atom stereocenters. The number of carbonyl (C=O) groups excluding carboxylic acids is 1. The monoisotopic (exact) mass is 308 g/mol. The van der Waals surface area contributed by atoms with E-state index in [0.29, 0.717) is 5.92 Å². The van der Waals surface area contributed by atoms with Crippen molar-refractivity contribution < 1.29 is 9.53 Å². The van der Waals surface area contributed by atoms with Crippen LogP contribution in [0, 0.1) is 5.92 Å². The van der Waals surface area contributed by atoms with Crippen LogP contribution in [0.3, 0.4) is 0 Å². The fourth-order valence-corrected chi connectivity index (χ4v) is 3.43. The molecule has 5 heteroatoms. The molecule has 1 aromatic heterocycles. The van der Waals surface area contributed by atoms with Gasteiger partial charge in [-0.1, -0.05) is 0 Å². The molecular formula is C16H24N2O2S. The Morgan fingerprint density at radius 2 is 2.14 bits per heavy atom. The Hall–Kier alpha value is -1.23. The standard InChI is InChI=1S/C16H24N2O2S/c1-16(2,3)20-15(19)18-9-6-14(10-18)12-21-11-13-4-7-17-8-5-13/h4-5,7-8,14H,6,9-12H2,1-3H3/t14-/m1/s1. The average Bonchev–Trinajstić information content (AvgIpc) is 2.87. The van der Waals surface area contributed by atoms with Crippen LogP contribution >= 0.6 is 11.8 Å². The van der Waals surface area contributed by atoms with E-state index in [-0.39, 0.29) is 6.09 Å². The van der Waals surface area contributed by atoms with E-state index in [4.69, 9.17) is 4.74 Å². The first-order valence-electron chi connectivity index (χ1n) is 7.38. The molecule has 0 spiro atoms. The van der Waals surface area contributed by atoms with Crippen LogP contribution in [-0.4, -0.2) is 40.4 Å². The molecule has 0 N–H and O–H groups in total. The molecule has 2 heterocycles. The van der Waals surface area contributed by atoms with Gasteiger partial charge in [-0.25, -0.2) is 4.79 Å². The van der Waals surface area contributed by atoms with Crippen LogP contribution < -0.4 is 0 Å². The van der Waals surface area contributed by atoms with Crippen molar-refractivity contribution in [3.05, 3.63) is 30.1 Å². The highest BCUT2D eigenvalue weighted by Gasteiger charge is 2.29. The Kier molecular flexibility index (Phi) is 5.51. The van der Waals surface area contributed by atoms with Gasteiger partial charge in [0.15, 0.2) is 0 Å². The molecule has 21 heavy (non-hydrogen) atoms. The van der Waals surface area contributed by atoms with Crippen LogP contribution in [0.4, 0.5) is 4.79 Å². The fourth-order valence-electron chi connectivity index (χ4n) is 2.28. The lowest BCUT2D eigenvalue weighted by Crippen LogP contribution is -2.35. The molecule has 116 valence electrons. The van der Waals surface area contributed by atoms with Gasteiger partial charge in [0.05, 0.1) is 0 Å². The van der Waals surface area contributed by atoms with Crippen molar-refractivity contribution in [3.63, 3.8) is 0 Å². The first-order chi connectivity index (χ1) is 9.94. The number of pyridine rings is 1. The van der Waals surface area contributed by atoms with E-state index < -0.39 is 5.60 Å². The molecule has 1 aliphatic heterocycles. The smallest absolute Gasteiger partial charge is 0.410 e. The molecule has 0 saturated carbocycles. The minimum Gasteiger partial charge on any atom is -0.444 e. The first-order valence-corrected chi connectivity index (χ1v) is 8.54. The number of amides is 1. The molecule has 0 radical (unpaired) electrons. The summed E-state index contributed by atoms with van der Waals surface area (Å²) in [6, 6.07) is 4.10. The molecule has 1 saturated heterocycles. The zero-order chi connectivity index (χ0) is 15.3. The maximum atomic E-state index is 12.0. The van der Waals surface area contributed by atoms with Crippen molar-refractivity contribution in [2.75, 3.05) is 18.8 Å². The Bertz CT molecular complexity index is 459. The quantitative estimate of drug-likeness (QED) is 0.853.